The molecule has 9 heteroatoms. The molecule has 1 aliphatic rings. The molecule has 9 nitrogen and oxygen atoms in total. The fraction of sp³-hybridized carbons (Fsp3) is 0.360. The Morgan fingerprint density at radius 1 is 1.32 bits per heavy atom. The van der Waals surface area contributed by atoms with Crippen LogP contribution in [0.4, 0.5) is 5.69 Å². The zero-order valence-electron chi connectivity index (χ0n) is 19.6. The Kier molecular flexibility index (Phi) is 7.41. The van der Waals surface area contributed by atoms with Gasteiger partial charge in [0, 0.05) is 6.08 Å². The maximum atomic E-state index is 12.6. The summed E-state index contributed by atoms with van der Waals surface area (Å²) in [6, 6.07) is 11.2. The fourth-order valence-electron chi connectivity index (χ4n) is 3.58. The molecule has 1 aromatic heterocycles. The van der Waals surface area contributed by atoms with Gasteiger partial charge in [0.15, 0.2) is 23.4 Å². The number of carbonyl (C=O) groups excluding carboxylic acids is 1. The molecule has 3 aromatic rings. The van der Waals surface area contributed by atoms with Crippen molar-refractivity contribution < 1.29 is 19.0 Å². The second-order valence-corrected chi connectivity index (χ2v) is 8.56. The molecule has 1 atom stereocenters. The van der Waals surface area contributed by atoms with E-state index in [-0.39, 0.29) is 12.5 Å². The van der Waals surface area contributed by atoms with Gasteiger partial charge in [0.2, 0.25) is 5.91 Å². The van der Waals surface area contributed by atoms with Crippen LogP contribution in [0.25, 0.3) is 6.08 Å². The standard InChI is InChI=1S/C25H29N5O4/c1-16(2)6-5-13-32-19-11-9-18(17(3)14-19)10-12-23(31)26-20-7-4-8-21-24(20)34-22(15-33-21)25-27-29-30-28-25/h4,7-12,14,16,22H,5-6,13,15H2,1-3H3,(H,26,31)(H,27,28,29,30)/b12-10+. The van der Waals surface area contributed by atoms with E-state index >= 15 is 0 Å². The van der Waals surface area contributed by atoms with Crippen molar-refractivity contribution in [3.63, 3.8) is 0 Å². The van der Waals surface area contributed by atoms with Crippen LogP contribution in [0.2, 0.25) is 0 Å². The van der Waals surface area contributed by atoms with Crippen LogP contribution in [-0.4, -0.2) is 39.7 Å². The van der Waals surface area contributed by atoms with E-state index in [9.17, 15) is 4.79 Å². The highest BCUT2D eigenvalue weighted by Gasteiger charge is 2.27. The van der Waals surface area contributed by atoms with E-state index in [1.165, 1.54) is 6.08 Å². The lowest BCUT2D eigenvalue weighted by Crippen LogP contribution is -2.24. The van der Waals surface area contributed by atoms with Crippen molar-refractivity contribution in [3.8, 4) is 17.2 Å². The molecule has 0 saturated carbocycles. The fourth-order valence-corrected chi connectivity index (χ4v) is 3.58. The van der Waals surface area contributed by atoms with Gasteiger partial charge >= 0.3 is 0 Å². The zero-order valence-corrected chi connectivity index (χ0v) is 19.6. The van der Waals surface area contributed by atoms with Crippen LogP contribution in [0.5, 0.6) is 17.2 Å². The van der Waals surface area contributed by atoms with Gasteiger partial charge in [-0.25, -0.2) is 5.10 Å². The van der Waals surface area contributed by atoms with Gasteiger partial charge in [-0.1, -0.05) is 26.0 Å². The third-order valence-corrected chi connectivity index (χ3v) is 5.40. The zero-order chi connectivity index (χ0) is 23.9. The number of nitrogens with one attached hydrogen (secondary N) is 2. The molecule has 0 spiro atoms. The summed E-state index contributed by atoms with van der Waals surface area (Å²) < 4.78 is 17.6. The minimum Gasteiger partial charge on any atom is -0.494 e. The summed E-state index contributed by atoms with van der Waals surface area (Å²) >= 11 is 0. The van der Waals surface area contributed by atoms with Crippen molar-refractivity contribution in [1.29, 1.82) is 0 Å². The molecule has 4 rings (SSSR count). The number of tetrazole rings is 1. The maximum absolute atomic E-state index is 12.6. The largest absolute Gasteiger partial charge is 0.494 e. The number of benzene rings is 2. The number of hydrogen-bond acceptors (Lipinski definition) is 7. The van der Waals surface area contributed by atoms with Crippen molar-refractivity contribution in [2.24, 2.45) is 5.92 Å². The first kappa shape index (κ1) is 23.3. The van der Waals surface area contributed by atoms with E-state index in [0.29, 0.717) is 35.5 Å². The Balaban J connectivity index is 1.37. The smallest absolute Gasteiger partial charge is 0.248 e. The predicted molar refractivity (Wildman–Crippen MR) is 128 cm³/mol. The van der Waals surface area contributed by atoms with Gasteiger partial charge in [-0.05, 0) is 77.6 Å². The molecule has 1 aliphatic heterocycles. The summed E-state index contributed by atoms with van der Waals surface area (Å²) in [7, 11) is 0. The normalized spacial score (nSPS) is 15.0. The number of nitrogens with zero attached hydrogens (tertiary/aromatic N) is 3. The van der Waals surface area contributed by atoms with Crippen molar-refractivity contribution >= 4 is 17.7 Å². The van der Waals surface area contributed by atoms with Crippen molar-refractivity contribution in [2.45, 2.75) is 39.7 Å². The molecule has 34 heavy (non-hydrogen) atoms. The maximum Gasteiger partial charge on any atom is 0.248 e. The average Bonchev–Trinajstić information content (AvgIpc) is 3.36. The Labute approximate surface area is 198 Å². The number of aromatic nitrogens is 4. The van der Waals surface area contributed by atoms with Gasteiger partial charge in [-0.15, -0.1) is 5.10 Å². The van der Waals surface area contributed by atoms with Gasteiger partial charge in [-0.2, -0.15) is 0 Å². The average molecular weight is 464 g/mol. The highest BCUT2D eigenvalue weighted by atomic mass is 16.6. The lowest BCUT2D eigenvalue weighted by atomic mass is 10.1. The van der Waals surface area contributed by atoms with E-state index < -0.39 is 6.10 Å². The molecule has 0 aliphatic carbocycles. The highest BCUT2D eigenvalue weighted by molar-refractivity contribution is 6.03. The number of H-pyrrole nitrogens is 1. The van der Waals surface area contributed by atoms with Crippen molar-refractivity contribution in [2.75, 3.05) is 18.5 Å². The highest BCUT2D eigenvalue weighted by Crippen LogP contribution is 2.41. The number of carbonyl (C=O) groups is 1. The summed E-state index contributed by atoms with van der Waals surface area (Å²) in [5.41, 5.74) is 2.48. The molecule has 1 unspecified atom stereocenters. The van der Waals surface area contributed by atoms with Gasteiger partial charge in [0.25, 0.3) is 0 Å². The van der Waals surface area contributed by atoms with Crippen LogP contribution >= 0.6 is 0 Å². The Morgan fingerprint density at radius 2 is 2.21 bits per heavy atom. The summed E-state index contributed by atoms with van der Waals surface area (Å²) in [5, 5.41) is 16.6. The molecule has 0 bridgehead atoms. The van der Waals surface area contributed by atoms with Gasteiger partial charge in [0.1, 0.15) is 12.4 Å². The molecule has 178 valence electrons. The first-order valence-electron chi connectivity index (χ1n) is 11.4. The van der Waals surface area contributed by atoms with Crippen LogP contribution in [0, 0.1) is 12.8 Å². The van der Waals surface area contributed by atoms with E-state index in [2.05, 4.69) is 39.8 Å². The van der Waals surface area contributed by atoms with Crippen LogP contribution in [0.15, 0.2) is 42.5 Å². The van der Waals surface area contributed by atoms with Crippen molar-refractivity contribution in [3.05, 3.63) is 59.4 Å². The number of rotatable bonds is 9. The molecule has 2 heterocycles. The Hall–Kier alpha value is -3.88. The number of amides is 1. The first-order valence-corrected chi connectivity index (χ1v) is 11.4. The lowest BCUT2D eigenvalue weighted by molar-refractivity contribution is -0.111. The van der Waals surface area contributed by atoms with Gasteiger partial charge < -0.3 is 19.5 Å². The summed E-state index contributed by atoms with van der Waals surface area (Å²) in [5.74, 6) is 2.67. The second-order valence-electron chi connectivity index (χ2n) is 8.56. The number of hydrogen-bond donors (Lipinski definition) is 2. The monoisotopic (exact) mass is 463 g/mol. The number of para-hydroxylation sites is 1. The molecule has 0 fully saturated rings. The number of anilines is 1. The molecule has 2 N–H and O–H groups in total. The molecule has 1 amide bonds. The third kappa shape index (κ3) is 5.92. The topological polar surface area (TPSA) is 111 Å². The van der Waals surface area contributed by atoms with E-state index in [0.717, 1.165) is 29.7 Å². The predicted octanol–water partition coefficient (Wildman–Crippen LogP) is 4.49. The van der Waals surface area contributed by atoms with E-state index in [1.807, 2.05) is 25.1 Å². The van der Waals surface area contributed by atoms with Crippen LogP contribution in [0.1, 0.15) is 49.7 Å². The van der Waals surface area contributed by atoms with Gasteiger partial charge in [0.05, 0.1) is 12.3 Å². The minimum atomic E-state index is -0.496. The number of ether oxygens (including phenoxy) is 3. The second kappa shape index (κ2) is 10.8. The first-order chi connectivity index (χ1) is 16.5. The molecule has 2 aromatic carbocycles. The molecule has 0 radical (unpaired) electrons. The number of aryl methyl sites for hydroxylation is 1. The summed E-state index contributed by atoms with van der Waals surface area (Å²) in [6.07, 6.45) is 4.96. The third-order valence-electron chi connectivity index (χ3n) is 5.40. The van der Waals surface area contributed by atoms with Crippen LogP contribution < -0.4 is 19.5 Å². The SMILES string of the molecule is Cc1cc(OCCCC(C)C)ccc1/C=C/C(=O)Nc1cccc2c1OC(c1nnn[nH]1)CO2. The molecule has 0 saturated heterocycles. The van der Waals surface area contributed by atoms with Crippen molar-refractivity contribution in [1.82, 2.24) is 20.6 Å². The minimum absolute atomic E-state index is 0.262. The van der Waals surface area contributed by atoms with E-state index in [1.54, 1.807) is 24.3 Å². The summed E-state index contributed by atoms with van der Waals surface area (Å²) in [4.78, 5) is 12.6. The Morgan fingerprint density at radius 3 is 2.97 bits per heavy atom. The van der Waals surface area contributed by atoms with E-state index in [4.69, 9.17) is 14.2 Å². The van der Waals surface area contributed by atoms with Crippen LogP contribution in [0.3, 0.4) is 0 Å². The Bertz CT molecular complexity index is 1140. The van der Waals surface area contributed by atoms with Crippen LogP contribution in [-0.2, 0) is 4.79 Å². The number of fused-ring (bicyclic) bond motifs is 1. The molecular formula is C25H29N5O4. The quantitative estimate of drug-likeness (QED) is 0.355. The molecular weight excluding hydrogens is 434 g/mol. The number of aromatic amines is 1. The van der Waals surface area contributed by atoms with Gasteiger partial charge in [-0.3, -0.25) is 4.79 Å². The summed E-state index contributed by atoms with van der Waals surface area (Å²) in [6.45, 7) is 7.38. The lowest BCUT2D eigenvalue weighted by Gasteiger charge is -2.26.